The van der Waals surface area contributed by atoms with Crippen LogP contribution in [0.5, 0.6) is 5.88 Å². The zero-order valence-corrected chi connectivity index (χ0v) is 17.2. The van der Waals surface area contributed by atoms with Gasteiger partial charge >= 0.3 is 0 Å². The number of methoxy groups -OCH3 is 1. The summed E-state index contributed by atoms with van der Waals surface area (Å²) < 4.78 is 7.09. The molecule has 4 aromatic rings. The summed E-state index contributed by atoms with van der Waals surface area (Å²) >= 11 is 0. The van der Waals surface area contributed by atoms with Gasteiger partial charge < -0.3 is 20.3 Å². The van der Waals surface area contributed by atoms with Gasteiger partial charge in [0.15, 0.2) is 11.5 Å². The Morgan fingerprint density at radius 2 is 2.06 bits per heavy atom. The molecule has 0 bridgehead atoms. The maximum absolute atomic E-state index is 13.1. The Labute approximate surface area is 177 Å². The third-order valence-electron chi connectivity index (χ3n) is 5.17. The number of nitrogens with zero attached hydrogens (tertiary/aromatic N) is 7. The summed E-state index contributed by atoms with van der Waals surface area (Å²) in [7, 11) is 1.51. The number of amides is 1. The second-order valence-electron chi connectivity index (χ2n) is 7.23. The van der Waals surface area contributed by atoms with Crippen LogP contribution < -0.4 is 20.3 Å². The molecule has 5 rings (SSSR count). The predicted octanol–water partition coefficient (Wildman–Crippen LogP) is 1.05. The van der Waals surface area contributed by atoms with Crippen molar-refractivity contribution in [3.63, 3.8) is 0 Å². The molecule has 1 amide bonds. The zero-order valence-electron chi connectivity index (χ0n) is 17.2. The van der Waals surface area contributed by atoms with Crippen LogP contribution in [0.1, 0.15) is 16.2 Å². The average Bonchev–Trinajstić information content (AvgIpc) is 3.18. The van der Waals surface area contributed by atoms with Crippen LogP contribution in [0.3, 0.4) is 0 Å². The molecule has 1 saturated heterocycles. The maximum atomic E-state index is 13.1. The lowest BCUT2D eigenvalue weighted by Crippen LogP contribution is -2.43. The van der Waals surface area contributed by atoms with Gasteiger partial charge in [0, 0.05) is 37.8 Å². The van der Waals surface area contributed by atoms with Crippen LogP contribution in [0.15, 0.2) is 30.9 Å². The summed E-state index contributed by atoms with van der Waals surface area (Å²) in [4.78, 5) is 28.5. The lowest BCUT2D eigenvalue weighted by atomic mass is 10.1. The molecule has 0 radical (unpaired) electrons. The van der Waals surface area contributed by atoms with E-state index < -0.39 is 5.91 Å². The normalized spacial score (nSPS) is 14.2. The zero-order chi connectivity index (χ0) is 21.4. The monoisotopic (exact) mass is 419 g/mol. The van der Waals surface area contributed by atoms with Gasteiger partial charge in [-0.2, -0.15) is 10.1 Å². The van der Waals surface area contributed by atoms with Gasteiger partial charge in [0.25, 0.3) is 11.8 Å². The van der Waals surface area contributed by atoms with Gasteiger partial charge in [0.05, 0.1) is 37.1 Å². The van der Waals surface area contributed by atoms with Crippen LogP contribution in [0.2, 0.25) is 0 Å². The van der Waals surface area contributed by atoms with Crippen LogP contribution in [-0.2, 0) is 0 Å². The van der Waals surface area contributed by atoms with Crippen LogP contribution in [-0.4, -0.2) is 68.7 Å². The fourth-order valence-electron chi connectivity index (χ4n) is 3.76. The highest BCUT2D eigenvalue weighted by Crippen LogP contribution is 2.27. The quantitative estimate of drug-likeness (QED) is 0.499. The molecule has 0 spiro atoms. The molecule has 11 nitrogen and oxygen atoms in total. The maximum Gasteiger partial charge on any atom is 0.277 e. The second-order valence-corrected chi connectivity index (χ2v) is 7.23. The Morgan fingerprint density at radius 3 is 2.87 bits per heavy atom. The number of imidazole rings is 1. The molecule has 11 heteroatoms. The number of pyridine rings is 1. The van der Waals surface area contributed by atoms with E-state index in [1.54, 1.807) is 23.0 Å². The third-order valence-corrected chi connectivity index (χ3v) is 5.17. The number of carbonyl (C=O) groups excluding carboxylic acids is 1. The predicted molar refractivity (Wildman–Crippen MR) is 115 cm³/mol. The Morgan fingerprint density at radius 1 is 1.23 bits per heavy atom. The van der Waals surface area contributed by atoms with Gasteiger partial charge in [-0.25, -0.2) is 9.97 Å². The average molecular weight is 419 g/mol. The summed E-state index contributed by atoms with van der Waals surface area (Å²) in [5.74, 6) is 0.206. The first-order valence-corrected chi connectivity index (χ1v) is 9.92. The highest BCUT2D eigenvalue weighted by Gasteiger charge is 2.21. The molecular formula is C20H21N9O2. The molecule has 0 saturated carbocycles. The van der Waals surface area contributed by atoms with Crippen LogP contribution in [0.25, 0.3) is 16.6 Å². The van der Waals surface area contributed by atoms with Crippen molar-refractivity contribution in [1.29, 1.82) is 0 Å². The van der Waals surface area contributed by atoms with Crippen molar-refractivity contribution < 1.29 is 9.53 Å². The number of ether oxygens (including phenoxy) is 1. The summed E-state index contributed by atoms with van der Waals surface area (Å²) in [5.41, 5.74) is 2.97. The van der Waals surface area contributed by atoms with Crippen molar-refractivity contribution in [1.82, 2.24) is 34.9 Å². The third kappa shape index (κ3) is 3.48. The summed E-state index contributed by atoms with van der Waals surface area (Å²) in [6.07, 6.45) is 6.85. The molecule has 0 unspecified atom stereocenters. The van der Waals surface area contributed by atoms with Gasteiger partial charge in [-0.05, 0) is 13.0 Å². The molecule has 4 aromatic heterocycles. The van der Waals surface area contributed by atoms with E-state index in [9.17, 15) is 4.79 Å². The van der Waals surface area contributed by atoms with E-state index in [0.717, 1.165) is 42.9 Å². The van der Waals surface area contributed by atoms with Crippen molar-refractivity contribution in [2.24, 2.45) is 0 Å². The van der Waals surface area contributed by atoms with Gasteiger partial charge in [-0.3, -0.25) is 9.20 Å². The number of aryl methyl sites for hydroxylation is 1. The summed E-state index contributed by atoms with van der Waals surface area (Å²) in [6.45, 7) is 5.38. The lowest BCUT2D eigenvalue weighted by molar-refractivity contribution is 0.102. The minimum Gasteiger partial charge on any atom is -0.478 e. The van der Waals surface area contributed by atoms with E-state index in [2.05, 4.69) is 40.7 Å². The fourth-order valence-corrected chi connectivity index (χ4v) is 3.76. The van der Waals surface area contributed by atoms with Crippen LogP contribution >= 0.6 is 0 Å². The molecule has 1 fully saturated rings. The van der Waals surface area contributed by atoms with E-state index in [0.29, 0.717) is 22.9 Å². The highest BCUT2D eigenvalue weighted by molar-refractivity contribution is 6.11. The van der Waals surface area contributed by atoms with Gasteiger partial charge in [-0.1, -0.05) is 0 Å². The Hall–Kier alpha value is -3.86. The molecule has 2 N–H and O–H groups in total. The van der Waals surface area contributed by atoms with Crippen LogP contribution in [0.4, 0.5) is 11.5 Å². The number of piperazine rings is 1. The van der Waals surface area contributed by atoms with Crippen molar-refractivity contribution in [2.75, 3.05) is 43.5 Å². The first-order chi connectivity index (χ1) is 15.1. The molecule has 0 aliphatic carbocycles. The standard InChI is InChI=1S/C20H21N9O2/c1-12-10-29-11-15(26-20(31-2)18(29)24-12)25-19(30)17-16-13(3-4-23-27-16)14(9-22-17)28-7-5-21-6-8-28/h3-4,9-11,21H,5-8H2,1-2H3,(H,25,30). The van der Waals surface area contributed by atoms with E-state index >= 15 is 0 Å². The van der Waals surface area contributed by atoms with Gasteiger partial charge in [0.2, 0.25) is 5.65 Å². The Kier molecular flexibility index (Phi) is 4.79. The SMILES string of the molecule is COc1nc(NC(=O)c2ncc(N3CCNCC3)c3ccnnc23)cn2cc(C)nc12. The number of fused-ring (bicyclic) bond motifs is 2. The number of anilines is 2. The number of carbonyl (C=O) groups is 1. The Bertz CT molecular complexity index is 1280. The molecule has 31 heavy (non-hydrogen) atoms. The topological polar surface area (TPSA) is 122 Å². The van der Waals surface area contributed by atoms with Crippen LogP contribution in [0, 0.1) is 6.92 Å². The summed E-state index contributed by atoms with van der Waals surface area (Å²) in [6, 6.07) is 1.86. The number of hydrogen-bond acceptors (Lipinski definition) is 9. The largest absolute Gasteiger partial charge is 0.478 e. The lowest BCUT2D eigenvalue weighted by Gasteiger charge is -2.30. The van der Waals surface area contributed by atoms with Crippen molar-refractivity contribution >= 4 is 34.0 Å². The van der Waals surface area contributed by atoms with Crippen molar-refractivity contribution in [2.45, 2.75) is 6.92 Å². The number of aromatic nitrogens is 6. The van der Waals surface area contributed by atoms with Crippen molar-refractivity contribution in [3.8, 4) is 5.88 Å². The first kappa shape index (κ1) is 19.1. The van der Waals surface area contributed by atoms with E-state index in [1.807, 2.05) is 19.2 Å². The number of hydrogen-bond donors (Lipinski definition) is 2. The minimum absolute atomic E-state index is 0.185. The minimum atomic E-state index is -0.428. The number of rotatable bonds is 4. The number of nitrogens with one attached hydrogen (secondary N) is 2. The molecular weight excluding hydrogens is 398 g/mol. The molecule has 0 atom stereocenters. The van der Waals surface area contributed by atoms with E-state index in [1.165, 1.54) is 7.11 Å². The Balaban J connectivity index is 1.51. The van der Waals surface area contributed by atoms with E-state index in [4.69, 9.17) is 4.74 Å². The van der Waals surface area contributed by atoms with E-state index in [-0.39, 0.29) is 5.69 Å². The molecule has 5 heterocycles. The summed E-state index contributed by atoms with van der Waals surface area (Å²) in [5, 5.41) is 15.1. The smallest absolute Gasteiger partial charge is 0.277 e. The molecule has 1 aliphatic rings. The van der Waals surface area contributed by atoms with Crippen molar-refractivity contribution in [3.05, 3.63) is 42.2 Å². The molecule has 1 aliphatic heterocycles. The highest BCUT2D eigenvalue weighted by atomic mass is 16.5. The first-order valence-electron chi connectivity index (χ1n) is 9.92. The second kappa shape index (κ2) is 7.76. The van der Waals surface area contributed by atoms with Gasteiger partial charge in [0.1, 0.15) is 5.52 Å². The molecule has 0 aromatic carbocycles. The fraction of sp³-hybridized carbons (Fsp3) is 0.300. The van der Waals surface area contributed by atoms with Gasteiger partial charge in [-0.15, -0.1) is 5.10 Å². The molecule has 158 valence electrons.